The smallest absolute Gasteiger partial charge is 0.128 e. The zero-order valence-corrected chi connectivity index (χ0v) is 11.5. The molecule has 1 heterocycles. The summed E-state index contributed by atoms with van der Waals surface area (Å²) in [6.45, 7) is 5.32. The molecule has 1 rings (SSSR count). The van der Waals surface area contributed by atoms with Crippen molar-refractivity contribution in [2.75, 3.05) is 16.8 Å². The molecule has 0 amide bonds. The van der Waals surface area contributed by atoms with Gasteiger partial charge >= 0.3 is 0 Å². The van der Waals surface area contributed by atoms with Gasteiger partial charge in [0.25, 0.3) is 0 Å². The molecule has 1 aromatic rings. The first-order chi connectivity index (χ1) is 6.65. The van der Waals surface area contributed by atoms with Crippen LogP contribution in [0.1, 0.15) is 13.8 Å². The van der Waals surface area contributed by atoms with Gasteiger partial charge in [-0.3, -0.25) is 0 Å². The average molecular weight is 322 g/mol. The Morgan fingerprint density at radius 3 is 2.57 bits per heavy atom. The number of aromatic nitrogens is 1. The fraction of sp³-hybridized carbons (Fsp3) is 0.500. The van der Waals surface area contributed by atoms with Crippen LogP contribution in [-0.2, 0) is 0 Å². The maximum Gasteiger partial charge on any atom is 0.128 e. The van der Waals surface area contributed by atoms with Gasteiger partial charge in [0.05, 0.1) is 0 Å². The highest BCUT2D eigenvalue weighted by atomic mass is 79.9. The molecule has 0 aliphatic rings. The molecule has 0 fully saturated rings. The van der Waals surface area contributed by atoms with Crippen LogP contribution in [0.15, 0.2) is 22.8 Å². The predicted molar refractivity (Wildman–Crippen MR) is 68.2 cm³/mol. The average Bonchev–Trinajstić information content (AvgIpc) is 2.15. The monoisotopic (exact) mass is 320 g/mol. The van der Waals surface area contributed by atoms with Crippen molar-refractivity contribution in [1.82, 2.24) is 4.98 Å². The molecule has 0 aliphatic heterocycles. The summed E-state index contributed by atoms with van der Waals surface area (Å²) in [6.07, 6.45) is 1.83. The third kappa shape index (κ3) is 3.24. The van der Waals surface area contributed by atoms with Crippen LogP contribution >= 0.6 is 31.9 Å². The molecule has 0 N–H and O–H groups in total. The van der Waals surface area contributed by atoms with E-state index in [1.807, 2.05) is 18.3 Å². The van der Waals surface area contributed by atoms with Crippen molar-refractivity contribution in [3.8, 4) is 0 Å². The predicted octanol–water partition coefficient (Wildman–Crippen LogP) is 3.45. The van der Waals surface area contributed by atoms with Crippen LogP contribution in [0, 0.1) is 0 Å². The van der Waals surface area contributed by atoms with Crippen molar-refractivity contribution in [3.63, 3.8) is 0 Å². The Morgan fingerprint density at radius 2 is 2.14 bits per heavy atom. The Hall–Kier alpha value is -0.0900. The molecule has 0 bridgehead atoms. The van der Waals surface area contributed by atoms with Gasteiger partial charge in [-0.1, -0.05) is 15.9 Å². The molecule has 0 radical (unpaired) electrons. The van der Waals surface area contributed by atoms with Gasteiger partial charge in [0, 0.05) is 28.6 Å². The van der Waals surface area contributed by atoms with E-state index in [0.717, 1.165) is 22.2 Å². The lowest BCUT2D eigenvalue weighted by atomic mass is 10.3. The molecule has 1 aromatic heterocycles. The highest BCUT2D eigenvalue weighted by Gasteiger charge is 2.10. The summed E-state index contributed by atoms with van der Waals surface area (Å²) in [5, 5.41) is 0.961. The molecule has 2 nitrogen and oxygen atoms in total. The number of hydrogen-bond donors (Lipinski definition) is 0. The van der Waals surface area contributed by atoms with Crippen LogP contribution in [0.25, 0.3) is 0 Å². The fourth-order valence-corrected chi connectivity index (χ4v) is 1.88. The number of nitrogens with zero attached hydrogens (tertiary/aromatic N) is 2. The Kier molecular flexibility index (Phi) is 4.89. The third-order valence-electron chi connectivity index (χ3n) is 1.95. The minimum absolute atomic E-state index is 0.473. The van der Waals surface area contributed by atoms with Gasteiger partial charge in [-0.15, -0.1) is 0 Å². The van der Waals surface area contributed by atoms with Gasteiger partial charge in [-0.25, -0.2) is 4.98 Å². The van der Waals surface area contributed by atoms with Crippen LogP contribution in [0.3, 0.4) is 0 Å². The van der Waals surface area contributed by atoms with Gasteiger partial charge in [-0.05, 0) is 41.9 Å². The molecular weight excluding hydrogens is 308 g/mol. The second-order valence-electron chi connectivity index (χ2n) is 3.31. The molecule has 0 aromatic carbocycles. The topological polar surface area (TPSA) is 16.1 Å². The number of pyridine rings is 1. The fourth-order valence-electron chi connectivity index (χ4n) is 1.27. The Bertz CT molecular complexity index is 272. The number of alkyl halides is 1. The summed E-state index contributed by atoms with van der Waals surface area (Å²) < 4.78 is 1.02. The van der Waals surface area contributed by atoms with Crippen LogP contribution in [-0.4, -0.2) is 22.9 Å². The molecule has 0 aliphatic carbocycles. The van der Waals surface area contributed by atoms with E-state index in [2.05, 4.69) is 55.6 Å². The first-order valence-electron chi connectivity index (χ1n) is 4.59. The van der Waals surface area contributed by atoms with Gasteiger partial charge in [0.2, 0.25) is 0 Å². The van der Waals surface area contributed by atoms with Crippen molar-refractivity contribution >= 4 is 37.7 Å². The van der Waals surface area contributed by atoms with Gasteiger partial charge < -0.3 is 4.90 Å². The molecule has 0 saturated carbocycles. The highest BCUT2D eigenvalue weighted by Crippen LogP contribution is 2.16. The van der Waals surface area contributed by atoms with Crippen molar-refractivity contribution in [1.29, 1.82) is 0 Å². The van der Waals surface area contributed by atoms with Crippen LogP contribution in [0.5, 0.6) is 0 Å². The van der Waals surface area contributed by atoms with Crippen LogP contribution in [0.4, 0.5) is 5.82 Å². The van der Waals surface area contributed by atoms with E-state index in [0.29, 0.717) is 6.04 Å². The maximum atomic E-state index is 4.38. The summed E-state index contributed by atoms with van der Waals surface area (Å²) >= 11 is 6.83. The lowest BCUT2D eigenvalue weighted by Gasteiger charge is -2.26. The molecule has 0 spiro atoms. The molecule has 0 atom stereocenters. The Labute approximate surface area is 102 Å². The van der Waals surface area contributed by atoms with Crippen molar-refractivity contribution in [2.45, 2.75) is 19.9 Å². The van der Waals surface area contributed by atoms with Crippen molar-refractivity contribution in [3.05, 3.63) is 22.8 Å². The maximum absolute atomic E-state index is 4.38. The Morgan fingerprint density at radius 1 is 1.43 bits per heavy atom. The molecule has 14 heavy (non-hydrogen) atoms. The molecule has 4 heteroatoms. The Balaban J connectivity index is 2.82. The summed E-state index contributed by atoms with van der Waals surface area (Å²) in [7, 11) is 0. The van der Waals surface area contributed by atoms with E-state index >= 15 is 0 Å². The lowest BCUT2D eigenvalue weighted by Crippen LogP contribution is -2.33. The quantitative estimate of drug-likeness (QED) is 0.790. The van der Waals surface area contributed by atoms with Crippen LogP contribution in [0.2, 0.25) is 0 Å². The van der Waals surface area contributed by atoms with Gasteiger partial charge in [-0.2, -0.15) is 0 Å². The highest BCUT2D eigenvalue weighted by molar-refractivity contribution is 9.10. The number of halogens is 2. The van der Waals surface area contributed by atoms with E-state index in [9.17, 15) is 0 Å². The minimum Gasteiger partial charge on any atom is -0.353 e. The second kappa shape index (κ2) is 5.71. The lowest BCUT2D eigenvalue weighted by molar-refractivity contribution is 0.697. The summed E-state index contributed by atoms with van der Waals surface area (Å²) in [6, 6.07) is 4.53. The van der Waals surface area contributed by atoms with E-state index in [1.54, 1.807) is 0 Å². The molecule has 0 unspecified atom stereocenters. The van der Waals surface area contributed by atoms with E-state index in [4.69, 9.17) is 0 Å². The zero-order chi connectivity index (χ0) is 10.6. The van der Waals surface area contributed by atoms with Gasteiger partial charge in [0.15, 0.2) is 0 Å². The summed E-state index contributed by atoms with van der Waals surface area (Å²) in [5.74, 6) is 1.03. The van der Waals surface area contributed by atoms with E-state index in [-0.39, 0.29) is 0 Å². The van der Waals surface area contributed by atoms with Crippen molar-refractivity contribution in [2.24, 2.45) is 0 Å². The number of anilines is 1. The van der Waals surface area contributed by atoms with Gasteiger partial charge in [0.1, 0.15) is 5.82 Å². The standard InChI is InChI=1S/C10H14Br2N2/c1-8(2)14(6-5-11)10-4-3-9(12)7-13-10/h3-4,7-8H,5-6H2,1-2H3. The SMILES string of the molecule is CC(C)N(CCBr)c1ccc(Br)cn1. The largest absolute Gasteiger partial charge is 0.353 e. The molecular formula is C10H14Br2N2. The normalized spacial score (nSPS) is 10.6. The second-order valence-corrected chi connectivity index (χ2v) is 5.02. The van der Waals surface area contributed by atoms with E-state index < -0.39 is 0 Å². The van der Waals surface area contributed by atoms with Crippen molar-refractivity contribution < 1.29 is 0 Å². The number of rotatable bonds is 4. The molecule has 0 saturated heterocycles. The summed E-state index contributed by atoms with van der Waals surface area (Å²) in [4.78, 5) is 6.64. The van der Waals surface area contributed by atoms with E-state index in [1.165, 1.54) is 0 Å². The van der Waals surface area contributed by atoms with Crippen LogP contribution < -0.4 is 4.90 Å². The first kappa shape index (κ1) is 12.0. The molecule has 78 valence electrons. The first-order valence-corrected chi connectivity index (χ1v) is 6.50. The summed E-state index contributed by atoms with van der Waals surface area (Å²) in [5.41, 5.74) is 0. The zero-order valence-electron chi connectivity index (χ0n) is 8.37. The number of hydrogen-bond acceptors (Lipinski definition) is 2. The minimum atomic E-state index is 0.473. The third-order valence-corrected chi connectivity index (χ3v) is 2.78.